The van der Waals surface area contributed by atoms with Gasteiger partial charge in [-0.2, -0.15) is 0 Å². The van der Waals surface area contributed by atoms with Gasteiger partial charge in [0.15, 0.2) is 17.3 Å². The number of rotatable bonds is 3. The van der Waals surface area contributed by atoms with E-state index in [4.69, 9.17) is 11.6 Å². The fourth-order valence-corrected chi connectivity index (χ4v) is 4.36. The Morgan fingerprint density at radius 3 is 2.03 bits per heavy atom. The first-order valence-corrected chi connectivity index (χ1v) is 10.0. The third kappa shape index (κ3) is 3.33. The molecule has 0 aromatic heterocycles. The summed E-state index contributed by atoms with van der Waals surface area (Å²) in [6.45, 7) is 8.24. The molecule has 0 aliphatic heterocycles. The van der Waals surface area contributed by atoms with E-state index in [0.29, 0.717) is 23.1 Å². The minimum Gasteiger partial charge on any atom is -0.298 e. The molecule has 3 nitrogen and oxygen atoms in total. The maximum atomic E-state index is 14.5. The van der Waals surface area contributed by atoms with Crippen molar-refractivity contribution in [2.45, 2.75) is 47.0 Å². The highest BCUT2D eigenvalue weighted by atomic mass is 35.5. The van der Waals surface area contributed by atoms with Gasteiger partial charge < -0.3 is 0 Å². The van der Waals surface area contributed by atoms with Gasteiger partial charge in [0.05, 0.1) is 10.8 Å². The summed E-state index contributed by atoms with van der Waals surface area (Å²) < 4.78 is 14.5. The molecule has 2 aromatic carbocycles. The number of hydrogen-bond donors (Lipinski definition) is 0. The molecule has 2 aromatic rings. The number of carbonyl (C=O) groups excluding carboxylic acids is 3. The van der Waals surface area contributed by atoms with Crippen molar-refractivity contribution in [2.24, 2.45) is 10.8 Å². The molecule has 0 heterocycles. The largest absolute Gasteiger partial charge is 0.298 e. The van der Waals surface area contributed by atoms with Crippen LogP contribution in [0.25, 0.3) is 11.1 Å². The van der Waals surface area contributed by atoms with E-state index in [1.54, 1.807) is 52.0 Å². The smallest absolute Gasteiger partial charge is 0.160 e. The minimum atomic E-state index is -1.27. The molecule has 29 heavy (non-hydrogen) atoms. The first-order valence-electron chi connectivity index (χ1n) is 9.64. The van der Waals surface area contributed by atoms with Gasteiger partial charge in [0, 0.05) is 10.6 Å². The maximum absolute atomic E-state index is 14.5. The Morgan fingerprint density at radius 1 is 0.931 bits per heavy atom. The SMILES string of the molecule is CCc1ccc(-c2ccc(Cl)cc2F)cc1C1C(=O)C(C)(C)C(=O)C(C)(C)C1=O. The third-order valence-electron chi connectivity index (χ3n) is 5.97. The number of halogens is 2. The Kier molecular flexibility index (Phi) is 5.29. The van der Waals surface area contributed by atoms with Gasteiger partial charge in [0.25, 0.3) is 0 Å². The Morgan fingerprint density at radius 2 is 1.52 bits per heavy atom. The third-order valence-corrected chi connectivity index (χ3v) is 6.21. The highest BCUT2D eigenvalue weighted by Gasteiger charge is 2.58. The van der Waals surface area contributed by atoms with Gasteiger partial charge in [-0.1, -0.05) is 30.7 Å². The first-order chi connectivity index (χ1) is 13.4. The summed E-state index contributed by atoms with van der Waals surface area (Å²) in [4.78, 5) is 39.3. The van der Waals surface area contributed by atoms with Crippen LogP contribution in [0.1, 0.15) is 51.7 Å². The Bertz CT molecular complexity index is 1010. The molecule has 0 radical (unpaired) electrons. The van der Waals surface area contributed by atoms with Gasteiger partial charge in [0.1, 0.15) is 11.7 Å². The van der Waals surface area contributed by atoms with Crippen LogP contribution in [0, 0.1) is 16.6 Å². The van der Waals surface area contributed by atoms with Crippen LogP contribution in [0.4, 0.5) is 4.39 Å². The van der Waals surface area contributed by atoms with Crippen LogP contribution in [-0.2, 0) is 20.8 Å². The second-order valence-corrected chi connectivity index (χ2v) is 9.07. The molecule has 1 saturated carbocycles. The standard InChI is InChI=1S/C24H24ClFO3/c1-6-13-7-8-14(16-10-9-15(25)12-18(16)26)11-17(13)19-20(27)23(2,3)22(29)24(4,5)21(19)28/h7-12,19H,6H2,1-5H3. The molecule has 1 fully saturated rings. The van der Waals surface area contributed by atoms with E-state index in [1.807, 2.05) is 13.0 Å². The fourth-order valence-electron chi connectivity index (χ4n) is 4.21. The van der Waals surface area contributed by atoms with Crippen LogP contribution in [0.2, 0.25) is 5.02 Å². The fraction of sp³-hybridized carbons (Fsp3) is 0.375. The highest BCUT2D eigenvalue weighted by Crippen LogP contribution is 2.46. The number of ketones is 3. The summed E-state index contributed by atoms with van der Waals surface area (Å²) in [5.74, 6) is -2.72. The zero-order chi connectivity index (χ0) is 21.7. The quantitative estimate of drug-likeness (QED) is 0.617. The monoisotopic (exact) mass is 414 g/mol. The van der Waals surface area contributed by atoms with Gasteiger partial charge in [0.2, 0.25) is 0 Å². The predicted octanol–water partition coefficient (Wildman–Crippen LogP) is 5.57. The molecule has 5 heteroatoms. The molecule has 1 aliphatic rings. The second-order valence-electron chi connectivity index (χ2n) is 8.63. The molecule has 0 N–H and O–H groups in total. The van der Waals surface area contributed by atoms with E-state index in [-0.39, 0.29) is 10.8 Å². The molecule has 3 rings (SSSR count). The van der Waals surface area contributed by atoms with Crippen molar-refractivity contribution in [3.05, 3.63) is 58.4 Å². The van der Waals surface area contributed by atoms with Crippen molar-refractivity contribution in [1.29, 1.82) is 0 Å². The van der Waals surface area contributed by atoms with Crippen molar-refractivity contribution >= 4 is 29.0 Å². The lowest BCUT2D eigenvalue weighted by Crippen LogP contribution is -2.56. The van der Waals surface area contributed by atoms with Crippen LogP contribution >= 0.6 is 11.6 Å². The minimum absolute atomic E-state index is 0.288. The second kappa shape index (κ2) is 7.17. The van der Waals surface area contributed by atoms with E-state index in [1.165, 1.54) is 6.07 Å². The van der Waals surface area contributed by atoms with Crippen LogP contribution in [0.3, 0.4) is 0 Å². The average Bonchev–Trinajstić information content (AvgIpc) is 2.66. The van der Waals surface area contributed by atoms with Gasteiger partial charge in [-0.05, 0) is 75.1 Å². The van der Waals surface area contributed by atoms with Crippen molar-refractivity contribution in [1.82, 2.24) is 0 Å². The lowest BCUT2D eigenvalue weighted by molar-refractivity contribution is -0.157. The molecular weight excluding hydrogens is 391 g/mol. The van der Waals surface area contributed by atoms with Gasteiger partial charge in [-0.3, -0.25) is 14.4 Å². The molecule has 1 aliphatic carbocycles. The summed E-state index contributed by atoms with van der Waals surface area (Å²) in [7, 11) is 0. The number of Topliss-reactive ketones (excluding diaryl/α,β-unsaturated/α-hetero) is 3. The summed E-state index contributed by atoms with van der Waals surface area (Å²) in [6.07, 6.45) is 0.602. The Balaban J connectivity index is 2.22. The summed E-state index contributed by atoms with van der Waals surface area (Å²) >= 11 is 5.86. The van der Waals surface area contributed by atoms with Gasteiger partial charge in [-0.25, -0.2) is 4.39 Å². The van der Waals surface area contributed by atoms with Crippen molar-refractivity contribution < 1.29 is 18.8 Å². The number of carbonyl (C=O) groups is 3. The molecule has 0 unspecified atom stereocenters. The highest BCUT2D eigenvalue weighted by molar-refractivity contribution is 6.31. The lowest BCUT2D eigenvalue weighted by atomic mass is 9.57. The topological polar surface area (TPSA) is 51.2 Å². The summed E-state index contributed by atoms with van der Waals surface area (Å²) in [5, 5.41) is 0.288. The van der Waals surface area contributed by atoms with Crippen molar-refractivity contribution in [3.8, 4) is 11.1 Å². The number of benzene rings is 2. The van der Waals surface area contributed by atoms with Crippen LogP contribution in [0.5, 0.6) is 0 Å². The Labute approximate surface area is 175 Å². The van der Waals surface area contributed by atoms with Gasteiger partial charge >= 0.3 is 0 Å². The van der Waals surface area contributed by atoms with Crippen LogP contribution < -0.4 is 0 Å². The van der Waals surface area contributed by atoms with E-state index < -0.39 is 34.1 Å². The maximum Gasteiger partial charge on any atom is 0.160 e. The van der Waals surface area contributed by atoms with Crippen molar-refractivity contribution in [2.75, 3.05) is 0 Å². The van der Waals surface area contributed by atoms with Crippen LogP contribution in [-0.4, -0.2) is 17.3 Å². The molecule has 0 saturated heterocycles. The molecule has 152 valence electrons. The first kappa shape index (κ1) is 21.4. The lowest BCUT2D eigenvalue weighted by Gasteiger charge is -2.41. The number of aryl methyl sites for hydroxylation is 1. The molecule has 0 amide bonds. The zero-order valence-corrected chi connectivity index (χ0v) is 18.0. The predicted molar refractivity (Wildman–Crippen MR) is 112 cm³/mol. The molecule has 0 atom stereocenters. The molecule has 0 spiro atoms. The van der Waals surface area contributed by atoms with E-state index >= 15 is 0 Å². The Hall–Kier alpha value is -2.33. The van der Waals surface area contributed by atoms with E-state index in [9.17, 15) is 18.8 Å². The molecule has 0 bridgehead atoms. The van der Waals surface area contributed by atoms with E-state index in [0.717, 1.165) is 5.56 Å². The molecular formula is C24H24ClFO3. The van der Waals surface area contributed by atoms with Gasteiger partial charge in [-0.15, -0.1) is 0 Å². The van der Waals surface area contributed by atoms with Crippen molar-refractivity contribution in [3.63, 3.8) is 0 Å². The number of hydrogen-bond acceptors (Lipinski definition) is 3. The zero-order valence-electron chi connectivity index (χ0n) is 17.2. The summed E-state index contributed by atoms with van der Waals surface area (Å²) in [6, 6.07) is 9.68. The summed E-state index contributed by atoms with van der Waals surface area (Å²) in [5.41, 5.74) is -0.273. The average molecular weight is 415 g/mol. The normalized spacial score (nSPS) is 18.9. The van der Waals surface area contributed by atoms with E-state index in [2.05, 4.69) is 0 Å². The van der Waals surface area contributed by atoms with Crippen LogP contribution in [0.15, 0.2) is 36.4 Å².